The number of rotatable bonds is 2. The van der Waals surface area contributed by atoms with Crippen LogP contribution in [0.15, 0.2) is 5.16 Å². The molecule has 0 bridgehead atoms. The van der Waals surface area contributed by atoms with Crippen LogP contribution in [0.5, 0.6) is 0 Å². The first kappa shape index (κ1) is 16.1. The van der Waals surface area contributed by atoms with Crippen LogP contribution in [-0.4, -0.2) is 34.9 Å². The van der Waals surface area contributed by atoms with E-state index < -0.39 is 5.41 Å². The van der Waals surface area contributed by atoms with E-state index in [1.54, 1.807) is 0 Å². The summed E-state index contributed by atoms with van der Waals surface area (Å²) >= 11 is 0. The second kappa shape index (κ2) is 6.24. The van der Waals surface area contributed by atoms with E-state index in [0.717, 1.165) is 51.6 Å². The van der Waals surface area contributed by atoms with Gasteiger partial charge in [-0.3, -0.25) is 4.79 Å². The molecule has 0 aromatic rings. The monoisotopic (exact) mass is 295 g/mol. The number of hydrogen-bond donors (Lipinski definition) is 2. The SMILES string of the molecule is CC1(C)CCCN(C(=O)C2(C(N)=NO)CCCCC2)CC1. The Morgan fingerprint density at radius 1 is 1.05 bits per heavy atom. The molecule has 0 aromatic heterocycles. The molecule has 21 heavy (non-hydrogen) atoms. The van der Waals surface area contributed by atoms with Crippen molar-refractivity contribution in [2.24, 2.45) is 21.7 Å². The van der Waals surface area contributed by atoms with Gasteiger partial charge in [-0.05, 0) is 37.5 Å². The summed E-state index contributed by atoms with van der Waals surface area (Å²) in [6.45, 7) is 6.11. The quantitative estimate of drug-likeness (QED) is 0.356. The van der Waals surface area contributed by atoms with E-state index in [1.807, 2.05) is 4.90 Å². The van der Waals surface area contributed by atoms with E-state index in [1.165, 1.54) is 0 Å². The predicted molar refractivity (Wildman–Crippen MR) is 83.1 cm³/mol. The van der Waals surface area contributed by atoms with Crippen LogP contribution >= 0.6 is 0 Å². The number of nitrogens with zero attached hydrogens (tertiary/aromatic N) is 2. The summed E-state index contributed by atoms with van der Waals surface area (Å²) in [6.07, 6.45) is 7.69. The van der Waals surface area contributed by atoms with Gasteiger partial charge in [0.2, 0.25) is 5.91 Å². The molecule has 120 valence electrons. The number of likely N-dealkylation sites (tertiary alicyclic amines) is 1. The van der Waals surface area contributed by atoms with Crippen LogP contribution in [0.1, 0.15) is 65.2 Å². The van der Waals surface area contributed by atoms with E-state index >= 15 is 0 Å². The van der Waals surface area contributed by atoms with Crippen molar-refractivity contribution in [2.45, 2.75) is 65.2 Å². The Kier molecular flexibility index (Phi) is 4.79. The van der Waals surface area contributed by atoms with E-state index in [0.29, 0.717) is 18.3 Å². The molecule has 5 heteroatoms. The maximum absolute atomic E-state index is 13.1. The third-order valence-corrected chi connectivity index (χ3v) is 5.34. The minimum Gasteiger partial charge on any atom is -0.409 e. The first-order chi connectivity index (χ1) is 9.91. The molecule has 0 radical (unpaired) electrons. The molecule has 2 rings (SSSR count). The third kappa shape index (κ3) is 3.33. The van der Waals surface area contributed by atoms with Crippen molar-refractivity contribution < 1.29 is 10.0 Å². The van der Waals surface area contributed by atoms with Crippen LogP contribution in [0, 0.1) is 10.8 Å². The lowest BCUT2D eigenvalue weighted by Crippen LogP contribution is -2.52. The van der Waals surface area contributed by atoms with Gasteiger partial charge in [0.15, 0.2) is 5.84 Å². The Morgan fingerprint density at radius 2 is 1.71 bits per heavy atom. The molecule has 0 spiro atoms. The molecular formula is C16H29N3O2. The van der Waals surface area contributed by atoms with Crippen molar-refractivity contribution in [1.29, 1.82) is 0 Å². The van der Waals surface area contributed by atoms with Gasteiger partial charge in [0.25, 0.3) is 0 Å². The fourth-order valence-electron chi connectivity index (χ4n) is 3.76. The van der Waals surface area contributed by atoms with E-state index in [-0.39, 0.29) is 11.7 Å². The van der Waals surface area contributed by atoms with E-state index in [9.17, 15) is 4.79 Å². The van der Waals surface area contributed by atoms with Gasteiger partial charge in [-0.1, -0.05) is 38.3 Å². The van der Waals surface area contributed by atoms with Crippen LogP contribution in [-0.2, 0) is 4.79 Å². The van der Waals surface area contributed by atoms with Gasteiger partial charge in [-0.2, -0.15) is 0 Å². The Balaban J connectivity index is 2.18. The Morgan fingerprint density at radius 3 is 2.33 bits per heavy atom. The molecule has 0 atom stereocenters. The number of amidine groups is 1. The van der Waals surface area contributed by atoms with Gasteiger partial charge in [-0.15, -0.1) is 0 Å². The summed E-state index contributed by atoms with van der Waals surface area (Å²) in [5.41, 5.74) is 5.47. The lowest BCUT2D eigenvalue weighted by Gasteiger charge is -2.38. The minimum absolute atomic E-state index is 0.0789. The fourth-order valence-corrected chi connectivity index (χ4v) is 3.76. The number of carbonyl (C=O) groups is 1. The van der Waals surface area contributed by atoms with Gasteiger partial charge < -0.3 is 15.8 Å². The van der Waals surface area contributed by atoms with E-state index in [2.05, 4.69) is 19.0 Å². The average molecular weight is 295 g/mol. The molecule has 2 fully saturated rings. The molecule has 1 saturated heterocycles. The highest BCUT2D eigenvalue weighted by molar-refractivity contribution is 6.06. The minimum atomic E-state index is -0.762. The van der Waals surface area contributed by atoms with Gasteiger partial charge in [-0.25, -0.2) is 0 Å². The molecule has 1 saturated carbocycles. The van der Waals surface area contributed by atoms with Gasteiger partial charge in [0, 0.05) is 13.1 Å². The third-order valence-electron chi connectivity index (χ3n) is 5.34. The molecule has 2 aliphatic rings. The zero-order chi connectivity index (χ0) is 15.5. The number of carbonyl (C=O) groups excluding carboxylic acids is 1. The van der Waals surface area contributed by atoms with Crippen molar-refractivity contribution in [2.75, 3.05) is 13.1 Å². The van der Waals surface area contributed by atoms with Crippen LogP contribution in [0.2, 0.25) is 0 Å². The molecule has 1 aliphatic carbocycles. The van der Waals surface area contributed by atoms with Gasteiger partial charge in [0.1, 0.15) is 5.41 Å². The van der Waals surface area contributed by atoms with Crippen LogP contribution in [0.3, 0.4) is 0 Å². The van der Waals surface area contributed by atoms with Crippen molar-refractivity contribution in [1.82, 2.24) is 4.90 Å². The second-order valence-corrected chi connectivity index (χ2v) is 7.44. The molecular weight excluding hydrogens is 266 g/mol. The topological polar surface area (TPSA) is 78.9 Å². The zero-order valence-corrected chi connectivity index (χ0v) is 13.4. The first-order valence-corrected chi connectivity index (χ1v) is 8.19. The molecule has 0 aromatic carbocycles. The highest BCUT2D eigenvalue weighted by Gasteiger charge is 2.46. The Hall–Kier alpha value is -1.26. The van der Waals surface area contributed by atoms with Crippen LogP contribution < -0.4 is 5.73 Å². The van der Waals surface area contributed by atoms with Crippen molar-refractivity contribution >= 4 is 11.7 Å². The summed E-state index contributed by atoms with van der Waals surface area (Å²) in [6, 6.07) is 0. The number of oxime groups is 1. The normalized spacial score (nSPS) is 26.2. The van der Waals surface area contributed by atoms with Crippen molar-refractivity contribution in [3.8, 4) is 0 Å². The first-order valence-electron chi connectivity index (χ1n) is 8.19. The van der Waals surface area contributed by atoms with Crippen LogP contribution in [0.25, 0.3) is 0 Å². The highest BCUT2D eigenvalue weighted by atomic mass is 16.4. The Labute approximate surface area is 127 Å². The maximum Gasteiger partial charge on any atom is 0.236 e. The highest BCUT2D eigenvalue weighted by Crippen LogP contribution is 2.39. The van der Waals surface area contributed by atoms with E-state index in [4.69, 9.17) is 10.9 Å². The summed E-state index contributed by atoms with van der Waals surface area (Å²) < 4.78 is 0. The zero-order valence-electron chi connectivity index (χ0n) is 13.4. The lowest BCUT2D eigenvalue weighted by molar-refractivity contribution is -0.140. The average Bonchev–Trinajstić information content (AvgIpc) is 2.67. The predicted octanol–water partition coefficient (Wildman–Crippen LogP) is 2.72. The number of hydrogen-bond acceptors (Lipinski definition) is 3. The molecule has 0 unspecified atom stereocenters. The molecule has 1 heterocycles. The molecule has 3 N–H and O–H groups in total. The van der Waals surface area contributed by atoms with Gasteiger partial charge >= 0.3 is 0 Å². The van der Waals surface area contributed by atoms with Gasteiger partial charge in [0.05, 0.1) is 0 Å². The second-order valence-electron chi connectivity index (χ2n) is 7.44. The standard InChI is InChI=1S/C16H29N3O2/c1-15(2)7-6-11-19(12-10-15)14(20)16(13(17)18-21)8-4-3-5-9-16/h21H,3-12H2,1-2H3,(H2,17,18). The number of amides is 1. The smallest absolute Gasteiger partial charge is 0.236 e. The van der Waals surface area contributed by atoms with Crippen molar-refractivity contribution in [3.05, 3.63) is 0 Å². The fraction of sp³-hybridized carbons (Fsp3) is 0.875. The Bertz CT molecular complexity index is 412. The molecule has 5 nitrogen and oxygen atoms in total. The maximum atomic E-state index is 13.1. The molecule has 1 amide bonds. The summed E-state index contributed by atoms with van der Waals surface area (Å²) in [4.78, 5) is 15.0. The lowest BCUT2D eigenvalue weighted by atomic mass is 9.72. The molecule has 1 aliphatic heterocycles. The largest absolute Gasteiger partial charge is 0.409 e. The van der Waals surface area contributed by atoms with Crippen molar-refractivity contribution in [3.63, 3.8) is 0 Å². The number of nitrogens with two attached hydrogens (primary N) is 1. The summed E-state index contributed by atoms with van der Waals surface area (Å²) in [5, 5.41) is 12.3. The summed E-state index contributed by atoms with van der Waals surface area (Å²) in [7, 11) is 0. The summed E-state index contributed by atoms with van der Waals surface area (Å²) in [5.74, 6) is 0.186. The van der Waals surface area contributed by atoms with Crippen LogP contribution in [0.4, 0.5) is 0 Å².